The smallest absolute Gasteiger partial charge is 0.155 e. The molecule has 2 aromatic heterocycles. The summed E-state index contributed by atoms with van der Waals surface area (Å²) >= 11 is 0. The van der Waals surface area contributed by atoms with Crippen LogP contribution in [0, 0.1) is 6.92 Å². The van der Waals surface area contributed by atoms with Gasteiger partial charge in [0.25, 0.3) is 0 Å². The molecule has 1 aromatic carbocycles. The Bertz CT molecular complexity index is 904. The van der Waals surface area contributed by atoms with E-state index in [0.29, 0.717) is 24.3 Å². The fourth-order valence-corrected chi connectivity index (χ4v) is 3.29. The van der Waals surface area contributed by atoms with Gasteiger partial charge in [-0.3, -0.25) is 4.98 Å². The molecule has 1 unspecified atom stereocenters. The van der Waals surface area contributed by atoms with Gasteiger partial charge in [-0.25, -0.2) is 14.4 Å². The van der Waals surface area contributed by atoms with Crippen molar-refractivity contribution in [3.05, 3.63) is 48.3 Å². The Kier molecular flexibility index (Phi) is 4.51. The summed E-state index contributed by atoms with van der Waals surface area (Å²) in [5.74, 6) is 0.578. The highest BCUT2D eigenvalue weighted by molar-refractivity contribution is 5.88. The number of fused-ring (bicyclic) bond motifs is 1. The Morgan fingerprint density at radius 1 is 1.19 bits per heavy atom. The van der Waals surface area contributed by atoms with Crippen molar-refractivity contribution in [2.75, 3.05) is 25.0 Å². The van der Waals surface area contributed by atoms with Gasteiger partial charge in [0.2, 0.25) is 0 Å². The van der Waals surface area contributed by atoms with Crippen LogP contribution in [0.1, 0.15) is 18.4 Å². The Balaban J connectivity index is 1.69. The maximum atomic E-state index is 14.9. The normalized spacial score (nSPS) is 20.2. The molecule has 0 saturated carbocycles. The van der Waals surface area contributed by atoms with Gasteiger partial charge in [-0.05, 0) is 32.4 Å². The zero-order valence-electron chi connectivity index (χ0n) is 14.8. The lowest BCUT2D eigenvalue weighted by molar-refractivity contribution is 0.137. The Labute approximate surface area is 152 Å². The third-order valence-electron chi connectivity index (χ3n) is 4.80. The number of halogens is 1. The van der Waals surface area contributed by atoms with Gasteiger partial charge in [-0.2, -0.15) is 0 Å². The lowest BCUT2D eigenvalue weighted by Crippen LogP contribution is -2.46. The second-order valence-electron chi connectivity index (χ2n) is 6.93. The summed E-state index contributed by atoms with van der Waals surface area (Å²) < 4.78 is 14.9. The van der Waals surface area contributed by atoms with E-state index < -0.39 is 5.67 Å². The van der Waals surface area contributed by atoms with Crippen LogP contribution in [0.15, 0.2) is 42.7 Å². The molecule has 6 heteroatoms. The van der Waals surface area contributed by atoms with E-state index in [2.05, 4.69) is 39.7 Å². The molecule has 3 aromatic rings. The highest BCUT2D eigenvalue weighted by Gasteiger charge is 2.31. The average molecular weight is 351 g/mol. The van der Waals surface area contributed by atoms with Crippen molar-refractivity contribution in [3.8, 4) is 11.3 Å². The molecule has 0 bridgehead atoms. The first-order valence-corrected chi connectivity index (χ1v) is 8.95. The van der Waals surface area contributed by atoms with Gasteiger partial charge < -0.3 is 10.6 Å². The summed E-state index contributed by atoms with van der Waals surface area (Å²) in [6.45, 7) is 3.49. The molecule has 1 aliphatic heterocycles. The van der Waals surface area contributed by atoms with Crippen LogP contribution in [-0.4, -0.2) is 40.3 Å². The maximum Gasteiger partial charge on any atom is 0.155 e. The third kappa shape index (κ3) is 3.51. The molecule has 1 fully saturated rings. The van der Waals surface area contributed by atoms with E-state index in [1.54, 1.807) is 12.4 Å². The van der Waals surface area contributed by atoms with Crippen LogP contribution in [-0.2, 0) is 0 Å². The number of nitrogens with one attached hydrogen (secondary N) is 2. The number of anilines is 1. The quantitative estimate of drug-likeness (QED) is 0.753. The number of alkyl halides is 1. The third-order valence-corrected chi connectivity index (χ3v) is 4.80. The van der Waals surface area contributed by atoms with Crippen molar-refractivity contribution < 1.29 is 4.39 Å². The summed E-state index contributed by atoms with van der Waals surface area (Å²) in [6.07, 6.45) is 4.69. The number of aryl methyl sites for hydroxylation is 1. The predicted molar refractivity (Wildman–Crippen MR) is 102 cm³/mol. The van der Waals surface area contributed by atoms with Crippen LogP contribution in [0.5, 0.6) is 0 Å². The summed E-state index contributed by atoms with van der Waals surface area (Å²) in [5.41, 5.74) is 3.13. The van der Waals surface area contributed by atoms with Crippen molar-refractivity contribution >= 4 is 16.9 Å². The maximum absolute atomic E-state index is 14.9. The first-order valence-electron chi connectivity index (χ1n) is 8.95. The Morgan fingerprint density at radius 3 is 2.77 bits per heavy atom. The number of benzene rings is 1. The van der Waals surface area contributed by atoms with Crippen LogP contribution in [0.3, 0.4) is 0 Å². The highest BCUT2D eigenvalue weighted by Crippen LogP contribution is 2.27. The van der Waals surface area contributed by atoms with Crippen molar-refractivity contribution in [1.29, 1.82) is 0 Å². The van der Waals surface area contributed by atoms with E-state index in [1.807, 2.05) is 18.2 Å². The molecule has 0 aliphatic carbocycles. The van der Waals surface area contributed by atoms with Gasteiger partial charge in [-0.1, -0.05) is 29.8 Å². The fourth-order valence-electron chi connectivity index (χ4n) is 3.29. The van der Waals surface area contributed by atoms with Crippen molar-refractivity contribution in [3.63, 3.8) is 0 Å². The van der Waals surface area contributed by atoms with Crippen molar-refractivity contribution in [2.45, 2.75) is 25.4 Å². The highest BCUT2D eigenvalue weighted by atomic mass is 19.1. The minimum atomic E-state index is -1.27. The fraction of sp³-hybridized carbons (Fsp3) is 0.350. The summed E-state index contributed by atoms with van der Waals surface area (Å²) in [6, 6.07) is 10.1. The van der Waals surface area contributed by atoms with Crippen LogP contribution in [0.4, 0.5) is 10.2 Å². The zero-order chi connectivity index (χ0) is 18.0. The molecule has 1 aliphatic rings. The number of nitrogens with zero attached hydrogens (tertiary/aromatic N) is 3. The topological polar surface area (TPSA) is 62.7 Å². The predicted octanol–water partition coefficient (Wildman–Crippen LogP) is 3.50. The lowest BCUT2D eigenvalue weighted by Gasteiger charge is -2.30. The molecule has 2 N–H and O–H groups in total. The SMILES string of the molecule is Cc1ccc(-c2cc3nccnc3c(NCC3(F)CCCNC3)n2)cc1. The van der Waals surface area contributed by atoms with E-state index in [9.17, 15) is 4.39 Å². The molecular weight excluding hydrogens is 329 g/mol. The molecule has 0 radical (unpaired) electrons. The molecule has 134 valence electrons. The number of rotatable bonds is 4. The first kappa shape index (κ1) is 16.8. The van der Waals surface area contributed by atoms with E-state index in [4.69, 9.17) is 4.98 Å². The number of aromatic nitrogens is 3. The zero-order valence-corrected chi connectivity index (χ0v) is 14.8. The molecule has 5 nitrogen and oxygen atoms in total. The second-order valence-corrected chi connectivity index (χ2v) is 6.93. The number of hydrogen-bond acceptors (Lipinski definition) is 5. The monoisotopic (exact) mass is 351 g/mol. The van der Waals surface area contributed by atoms with Gasteiger partial charge >= 0.3 is 0 Å². The Hall–Kier alpha value is -2.60. The standard InChI is InChI=1S/C20H22FN5/c1-14-3-5-15(6-4-14)16-11-17-18(24-10-9-23-17)19(26-16)25-13-20(21)7-2-8-22-12-20/h3-6,9-11,22H,2,7-8,12-13H2,1H3,(H,25,26). The van der Waals surface area contributed by atoms with E-state index in [-0.39, 0.29) is 6.54 Å². The average Bonchev–Trinajstić information content (AvgIpc) is 2.67. The summed E-state index contributed by atoms with van der Waals surface area (Å²) in [4.78, 5) is 13.5. The van der Waals surface area contributed by atoms with Gasteiger partial charge in [-0.15, -0.1) is 0 Å². The molecule has 1 saturated heterocycles. The lowest BCUT2D eigenvalue weighted by atomic mass is 9.96. The molecule has 26 heavy (non-hydrogen) atoms. The number of hydrogen-bond donors (Lipinski definition) is 2. The molecule has 3 heterocycles. The van der Waals surface area contributed by atoms with E-state index in [1.165, 1.54) is 5.56 Å². The summed E-state index contributed by atoms with van der Waals surface area (Å²) in [5, 5.41) is 6.32. The first-order chi connectivity index (χ1) is 12.6. The van der Waals surface area contributed by atoms with Gasteiger partial charge in [0.15, 0.2) is 5.82 Å². The number of piperidine rings is 1. The molecule has 4 rings (SSSR count). The van der Waals surface area contributed by atoms with E-state index in [0.717, 1.165) is 29.7 Å². The van der Waals surface area contributed by atoms with Crippen molar-refractivity contribution in [1.82, 2.24) is 20.3 Å². The molecule has 1 atom stereocenters. The summed E-state index contributed by atoms with van der Waals surface area (Å²) in [7, 11) is 0. The van der Waals surface area contributed by atoms with Gasteiger partial charge in [0, 0.05) is 24.5 Å². The molecule has 0 spiro atoms. The minimum Gasteiger partial charge on any atom is -0.365 e. The minimum absolute atomic E-state index is 0.204. The largest absolute Gasteiger partial charge is 0.365 e. The number of pyridine rings is 1. The van der Waals surface area contributed by atoms with Crippen LogP contribution >= 0.6 is 0 Å². The van der Waals surface area contributed by atoms with Crippen LogP contribution in [0.2, 0.25) is 0 Å². The molecule has 0 amide bonds. The van der Waals surface area contributed by atoms with Gasteiger partial charge in [0.05, 0.1) is 17.8 Å². The van der Waals surface area contributed by atoms with Crippen LogP contribution in [0.25, 0.3) is 22.3 Å². The van der Waals surface area contributed by atoms with E-state index >= 15 is 0 Å². The van der Waals surface area contributed by atoms with Crippen molar-refractivity contribution in [2.24, 2.45) is 0 Å². The van der Waals surface area contributed by atoms with Gasteiger partial charge in [0.1, 0.15) is 11.2 Å². The second kappa shape index (κ2) is 6.96. The Morgan fingerprint density at radius 2 is 2.00 bits per heavy atom. The molecular formula is C20H22FN5. The van der Waals surface area contributed by atoms with Crippen LogP contribution < -0.4 is 10.6 Å².